The summed E-state index contributed by atoms with van der Waals surface area (Å²) in [6, 6.07) is 6.86. The number of aryl methyl sites for hydroxylation is 1. The number of hydrogen-bond donors (Lipinski definition) is 3. The van der Waals surface area contributed by atoms with Crippen LogP contribution in [0.5, 0.6) is 0 Å². The monoisotopic (exact) mass is 472 g/mol. The molecular weight excluding hydrogens is 445 g/mol. The Bertz CT molecular complexity index is 1260. The lowest BCUT2D eigenvalue weighted by atomic mass is 9.72. The summed E-state index contributed by atoms with van der Waals surface area (Å²) in [6.45, 7) is 2.01. The van der Waals surface area contributed by atoms with Crippen molar-refractivity contribution >= 4 is 28.2 Å². The molecule has 180 valence electrons. The Balaban J connectivity index is 1.37. The van der Waals surface area contributed by atoms with E-state index in [0.717, 1.165) is 56.8 Å². The molecule has 7 nitrogen and oxygen atoms in total. The van der Waals surface area contributed by atoms with Crippen LogP contribution < -0.4 is 21.5 Å². The highest BCUT2D eigenvalue weighted by Crippen LogP contribution is 2.42. The SMILES string of the molecule is Cn1ccc2cc(Nc3ncc(C(F)(F)F)c(NC4CCC5(CCNC5)CC4)n3)ccc2c1=O. The van der Waals surface area contributed by atoms with Gasteiger partial charge in [0.2, 0.25) is 5.95 Å². The van der Waals surface area contributed by atoms with Gasteiger partial charge in [0, 0.05) is 43.1 Å². The molecule has 5 rings (SSSR count). The predicted octanol–water partition coefficient (Wildman–Crippen LogP) is 4.43. The fourth-order valence-electron chi connectivity index (χ4n) is 5.10. The molecular formula is C24H27F3N6O. The van der Waals surface area contributed by atoms with Gasteiger partial charge in [-0.2, -0.15) is 18.2 Å². The summed E-state index contributed by atoms with van der Waals surface area (Å²) in [5.74, 6) is -0.142. The second kappa shape index (κ2) is 8.57. The molecule has 1 saturated carbocycles. The van der Waals surface area contributed by atoms with Crippen LogP contribution in [-0.2, 0) is 13.2 Å². The van der Waals surface area contributed by atoms with Gasteiger partial charge in [-0.25, -0.2) is 4.98 Å². The smallest absolute Gasteiger partial charge is 0.367 e. The molecule has 0 bridgehead atoms. The van der Waals surface area contributed by atoms with Crippen LogP contribution in [0.25, 0.3) is 10.8 Å². The van der Waals surface area contributed by atoms with E-state index in [4.69, 9.17) is 0 Å². The summed E-state index contributed by atoms with van der Waals surface area (Å²) in [5.41, 5.74) is -0.118. The van der Waals surface area contributed by atoms with Gasteiger partial charge < -0.3 is 20.5 Å². The standard InChI is InChI=1S/C24H27F3N6O/c1-33-11-6-15-12-17(2-3-18(15)21(33)34)31-22-29-13-19(24(25,26)27)20(32-22)30-16-4-7-23(8-5-16)9-10-28-14-23/h2-3,6,11-13,16,28H,4-5,7-10,14H2,1H3,(H2,29,30,31,32). The maximum absolute atomic E-state index is 13.7. The molecule has 1 aliphatic carbocycles. The summed E-state index contributed by atoms with van der Waals surface area (Å²) in [5, 5.41) is 10.7. The van der Waals surface area contributed by atoms with Crippen LogP contribution >= 0.6 is 0 Å². The van der Waals surface area contributed by atoms with Crippen molar-refractivity contribution in [1.29, 1.82) is 0 Å². The van der Waals surface area contributed by atoms with Crippen molar-refractivity contribution in [1.82, 2.24) is 19.9 Å². The van der Waals surface area contributed by atoms with Crippen molar-refractivity contribution in [3.05, 3.63) is 52.6 Å². The van der Waals surface area contributed by atoms with E-state index in [2.05, 4.69) is 25.9 Å². The molecule has 0 unspecified atom stereocenters. The largest absolute Gasteiger partial charge is 0.421 e. The van der Waals surface area contributed by atoms with Gasteiger partial charge in [-0.15, -0.1) is 0 Å². The number of nitrogens with zero attached hydrogens (tertiary/aromatic N) is 3. The first-order valence-electron chi connectivity index (χ1n) is 11.5. The van der Waals surface area contributed by atoms with E-state index in [1.54, 1.807) is 37.5 Å². The number of rotatable bonds is 4. The van der Waals surface area contributed by atoms with Crippen molar-refractivity contribution in [2.24, 2.45) is 12.5 Å². The molecule has 2 aromatic heterocycles. The molecule has 34 heavy (non-hydrogen) atoms. The predicted molar refractivity (Wildman–Crippen MR) is 125 cm³/mol. The molecule has 0 radical (unpaired) electrons. The van der Waals surface area contributed by atoms with Gasteiger partial charge in [-0.3, -0.25) is 4.79 Å². The molecule has 3 N–H and O–H groups in total. The number of anilines is 3. The molecule has 2 aliphatic rings. The molecule has 3 aromatic rings. The molecule has 1 aliphatic heterocycles. The molecule has 3 heterocycles. The Kier molecular flexibility index (Phi) is 5.71. The number of hydrogen-bond acceptors (Lipinski definition) is 6. The zero-order valence-electron chi connectivity index (χ0n) is 18.9. The van der Waals surface area contributed by atoms with Crippen molar-refractivity contribution in [2.45, 2.75) is 44.3 Å². The highest BCUT2D eigenvalue weighted by molar-refractivity contribution is 5.85. The minimum atomic E-state index is -4.56. The first-order chi connectivity index (χ1) is 16.2. The van der Waals surface area contributed by atoms with Gasteiger partial charge in [0.1, 0.15) is 11.4 Å². The Morgan fingerprint density at radius 2 is 1.97 bits per heavy atom. The third kappa shape index (κ3) is 4.46. The lowest BCUT2D eigenvalue weighted by molar-refractivity contribution is -0.137. The Morgan fingerprint density at radius 3 is 2.68 bits per heavy atom. The van der Waals surface area contributed by atoms with E-state index >= 15 is 0 Å². The number of fused-ring (bicyclic) bond motifs is 1. The topological polar surface area (TPSA) is 83.9 Å². The summed E-state index contributed by atoms with van der Waals surface area (Å²) in [4.78, 5) is 20.4. The summed E-state index contributed by atoms with van der Waals surface area (Å²) >= 11 is 0. The lowest BCUT2D eigenvalue weighted by Crippen LogP contribution is -2.35. The van der Waals surface area contributed by atoms with Crippen LogP contribution in [0.4, 0.5) is 30.6 Å². The minimum absolute atomic E-state index is 0.0611. The molecule has 1 spiro atoms. The Hall–Kier alpha value is -3.14. The van der Waals surface area contributed by atoms with Crippen molar-refractivity contribution in [2.75, 3.05) is 23.7 Å². The summed E-state index contributed by atoms with van der Waals surface area (Å²) in [7, 11) is 1.68. The lowest BCUT2D eigenvalue weighted by Gasteiger charge is -2.37. The summed E-state index contributed by atoms with van der Waals surface area (Å²) < 4.78 is 42.5. The minimum Gasteiger partial charge on any atom is -0.367 e. The van der Waals surface area contributed by atoms with Gasteiger partial charge in [0.15, 0.2) is 0 Å². The van der Waals surface area contributed by atoms with E-state index < -0.39 is 11.7 Å². The van der Waals surface area contributed by atoms with Crippen LogP contribution in [0, 0.1) is 5.41 Å². The first kappa shape index (κ1) is 22.6. The number of halogens is 3. The fraction of sp³-hybridized carbons (Fsp3) is 0.458. The Labute approximate surface area is 194 Å². The number of benzene rings is 1. The molecule has 0 atom stereocenters. The van der Waals surface area contributed by atoms with E-state index in [-0.39, 0.29) is 23.4 Å². The number of alkyl halides is 3. The maximum Gasteiger partial charge on any atom is 0.421 e. The van der Waals surface area contributed by atoms with Gasteiger partial charge >= 0.3 is 6.18 Å². The van der Waals surface area contributed by atoms with Crippen LogP contribution in [0.15, 0.2) is 41.5 Å². The van der Waals surface area contributed by atoms with Crippen molar-refractivity contribution in [3.63, 3.8) is 0 Å². The van der Waals surface area contributed by atoms with Gasteiger partial charge in [-0.05, 0) is 73.7 Å². The molecule has 1 aromatic carbocycles. The van der Waals surface area contributed by atoms with Crippen LogP contribution in [0.3, 0.4) is 0 Å². The van der Waals surface area contributed by atoms with Crippen molar-refractivity contribution < 1.29 is 13.2 Å². The van der Waals surface area contributed by atoms with Crippen molar-refractivity contribution in [3.8, 4) is 0 Å². The van der Waals surface area contributed by atoms with Gasteiger partial charge in [0.05, 0.1) is 0 Å². The second-order valence-electron chi connectivity index (χ2n) is 9.46. The number of pyridine rings is 1. The van der Waals surface area contributed by atoms with Gasteiger partial charge in [-0.1, -0.05) is 0 Å². The van der Waals surface area contributed by atoms with Crippen LogP contribution in [0.2, 0.25) is 0 Å². The zero-order valence-corrected chi connectivity index (χ0v) is 18.9. The zero-order chi connectivity index (χ0) is 23.9. The van der Waals surface area contributed by atoms with Gasteiger partial charge in [0.25, 0.3) is 5.56 Å². The summed E-state index contributed by atoms with van der Waals surface area (Å²) in [6.07, 6.45) is 2.66. The highest BCUT2D eigenvalue weighted by Gasteiger charge is 2.39. The van der Waals surface area contributed by atoms with Crippen LogP contribution in [0.1, 0.15) is 37.7 Å². The highest BCUT2D eigenvalue weighted by atomic mass is 19.4. The second-order valence-corrected chi connectivity index (χ2v) is 9.46. The number of aromatic nitrogens is 3. The molecule has 1 saturated heterocycles. The number of nitrogens with one attached hydrogen (secondary N) is 3. The molecule has 10 heteroatoms. The quantitative estimate of drug-likeness (QED) is 0.521. The van der Waals surface area contributed by atoms with E-state index in [9.17, 15) is 18.0 Å². The average molecular weight is 473 g/mol. The average Bonchev–Trinajstić information content (AvgIpc) is 3.25. The van der Waals surface area contributed by atoms with E-state index in [1.165, 1.54) is 4.57 Å². The Morgan fingerprint density at radius 1 is 1.18 bits per heavy atom. The third-order valence-electron chi connectivity index (χ3n) is 7.15. The third-order valence-corrected chi connectivity index (χ3v) is 7.15. The molecule has 0 amide bonds. The normalized spacial score (nSPS) is 22.9. The van der Waals surface area contributed by atoms with Crippen LogP contribution in [-0.4, -0.2) is 33.7 Å². The maximum atomic E-state index is 13.7. The molecule has 2 fully saturated rings. The first-order valence-corrected chi connectivity index (χ1v) is 11.5. The van der Waals surface area contributed by atoms with E-state index in [0.29, 0.717) is 16.5 Å². The van der Waals surface area contributed by atoms with E-state index in [1.807, 2.05) is 0 Å². The fourth-order valence-corrected chi connectivity index (χ4v) is 5.10.